The summed E-state index contributed by atoms with van der Waals surface area (Å²) in [6, 6.07) is 9.05. The number of esters is 1. The van der Waals surface area contributed by atoms with E-state index in [0.29, 0.717) is 37.9 Å². The molecule has 0 radical (unpaired) electrons. The van der Waals surface area contributed by atoms with Gasteiger partial charge >= 0.3 is 5.97 Å². The fraction of sp³-hybridized carbons (Fsp3) is 0.400. The number of nitriles is 1. The molecule has 7 heteroatoms. The van der Waals surface area contributed by atoms with Gasteiger partial charge in [-0.05, 0) is 43.5 Å². The zero-order valence-corrected chi connectivity index (χ0v) is 15.9. The summed E-state index contributed by atoms with van der Waals surface area (Å²) in [5.41, 5.74) is 4.36. The summed E-state index contributed by atoms with van der Waals surface area (Å²) in [6.45, 7) is 4.86. The number of nitrogens with zero attached hydrogens (tertiary/aromatic N) is 3. The Kier molecular flexibility index (Phi) is 7.12. The molecule has 2 aromatic rings. The fourth-order valence-corrected chi connectivity index (χ4v) is 2.87. The summed E-state index contributed by atoms with van der Waals surface area (Å²) in [7, 11) is 1.34. The van der Waals surface area contributed by atoms with Gasteiger partial charge in [-0.3, -0.25) is 9.48 Å². The molecular formula is C20H24N4O3. The molecule has 27 heavy (non-hydrogen) atoms. The van der Waals surface area contributed by atoms with Gasteiger partial charge in [-0.15, -0.1) is 0 Å². The van der Waals surface area contributed by atoms with Gasteiger partial charge in [-0.2, -0.15) is 10.4 Å². The number of benzene rings is 1. The summed E-state index contributed by atoms with van der Waals surface area (Å²) in [5, 5.41) is 16.0. The Morgan fingerprint density at radius 1 is 1.26 bits per heavy atom. The van der Waals surface area contributed by atoms with Crippen LogP contribution in [0.15, 0.2) is 24.3 Å². The summed E-state index contributed by atoms with van der Waals surface area (Å²) < 4.78 is 6.49. The third-order valence-electron chi connectivity index (χ3n) is 4.43. The lowest BCUT2D eigenvalue weighted by Crippen LogP contribution is -2.23. The molecule has 0 bridgehead atoms. The third kappa shape index (κ3) is 5.42. The molecule has 1 aromatic carbocycles. The average Bonchev–Trinajstić information content (AvgIpc) is 2.95. The maximum atomic E-state index is 12.2. The largest absolute Gasteiger partial charge is 0.465 e. The quantitative estimate of drug-likeness (QED) is 0.722. The van der Waals surface area contributed by atoms with Crippen LogP contribution in [0.5, 0.6) is 0 Å². The second-order valence-electron chi connectivity index (χ2n) is 6.25. The molecule has 2 rings (SSSR count). The number of nitrogens with one attached hydrogen (secondary N) is 1. The molecule has 142 valence electrons. The van der Waals surface area contributed by atoms with E-state index in [1.807, 2.05) is 18.5 Å². The molecule has 0 fully saturated rings. The number of ether oxygens (including phenoxy) is 1. The monoisotopic (exact) mass is 368 g/mol. The maximum Gasteiger partial charge on any atom is 0.337 e. The van der Waals surface area contributed by atoms with Crippen molar-refractivity contribution in [2.24, 2.45) is 0 Å². The Labute approximate surface area is 158 Å². The lowest BCUT2D eigenvalue weighted by atomic mass is 10.1. The van der Waals surface area contributed by atoms with E-state index in [2.05, 4.69) is 21.2 Å². The Bertz CT molecular complexity index is 847. The molecular weight excluding hydrogens is 344 g/mol. The molecule has 1 heterocycles. The van der Waals surface area contributed by atoms with E-state index in [-0.39, 0.29) is 11.9 Å². The Hall–Kier alpha value is -3.14. The number of carbonyl (C=O) groups is 2. The molecule has 1 amide bonds. The van der Waals surface area contributed by atoms with Crippen LogP contribution >= 0.6 is 0 Å². The van der Waals surface area contributed by atoms with Crippen molar-refractivity contribution in [2.75, 3.05) is 7.11 Å². The van der Waals surface area contributed by atoms with E-state index in [9.17, 15) is 9.59 Å². The van der Waals surface area contributed by atoms with E-state index in [1.165, 1.54) is 7.11 Å². The van der Waals surface area contributed by atoms with Gasteiger partial charge < -0.3 is 10.1 Å². The summed E-state index contributed by atoms with van der Waals surface area (Å²) in [6.07, 6.45) is 1.39. The van der Waals surface area contributed by atoms with Crippen LogP contribution in [0.25, 0.3) is 0 Å². The number of aryl methyl sites for hydroxylation is 2. The molecule has 0 saturated heterocycles. The lowest BCUT2D eigenvalue weighted by molar-refractivity contribution is -0.121. The first-order valence-corrected chi connectivity index (χ1v) is 8.80. The predicted octanol–water partition coefficient (Wildman–Crippen LogP) is 2.45. The number of methoxy groups -OCH3 is 1. The van der Waals surface area contributed by atoms with Gasteiger partial charge in [0.25, 0.3) is 0 Å². The van der Waals surface area contributed by atoms with Gasteiger partial charge in [-0.1, -0.05) is 12.1 Å². The highest BCUT2D eigenvalue weighted by Crippen LogP contribution is 2.15. The topological polar surface area (TPSA) is 97.0 Å². The van der Waals surface area contributed by atoms with Crippen molar-refractivity contribution in [3.8, 4) is 6.07 Å². The van der Waals surface area contributed by atoms with Crippen LogP contribution in [0.1, 0.15) is 45.7 Å². The highest BCUT2D eigenvalue weighted by Gasteiger charge is 2.13. The van der Waals surface area contributed by atoms with Crippen molar-refractivity contribution in [1.29, 1.82) is 5.26 Å². The van der Waals surface area contributed by atoms with E-state index >= 15 is 0 Å². The first-order valence-electron chi connectivity index (χ1n) is 8.80. The van der Waals surface area contributed by atoms with Gasteiger partial charge in [0.15, 0.2) is 0 Å². The number of carbonyl (C=O) groups excluding carboxylic acids is 2. The minimum Gasteiger partial charge on any atom is -0.465 e. The zero-order valence-electron chi connectivity index (χ0n) is 15.9. The molecule has 1 N–H and O–H groups in total. The van der Waals surface area contributed by atoms with Gasteiger partial charge in [0.1, 0.15) is 0 Å². The molecule has 0 aliphatic heterocycles. The highest BCUT2D eigenvalue weighted by molar-refractivity contribution is 5.89. The van der Waals surface area contributed by atoms with Crippen LogP contribution in [0.3, 0.4) is 0 Å². The SMILES string of the molecule is COC(=O)c1ccc(CNC(=O)CCc2c(C)nn(CCC#N)c2C)cc1. The van der Waals surface area contributed by atoms with Crippen LogP contribution in [-0.4, -0.2) is 28.8 Å². The number of rotatable bonds is 8. The molecule has 0 aliphatic carbocycles. The van der Waals surface area contributed by atoms with Crippen LogP contribution in [0.4, 0.5) is 0 Å². The minimum absolute atomic E-state index is 0.0457. The first-order chi connectivity index (χ1) is 13.0. The number of hydrogen-bond acceptors (Lipinski definition) is 5. The molecule has 0 aliphatic rings. The third-order valence-corrected chi connectivity index (χ3v) is 4.43. The molecule has 1 aromatic heterocycles. The lowest BCUT2D eigenvalue weighted by Gasteiger charge is -2.07. The van der Waals surface area contributed by atoms with Crippen molar-refractivity contribution >= 4 is 11.9 Å². The first kappa shape index (κ1) is 20.2. The maximum absolute atomic E-state index is 12.2. The predicted molar refractivity (Wildman–Crippen MR) is 99.9 cm³/mol. The normalized spacial score (nSPS) is 10.3. The van der Waals surface area contributed by atoms with Gasteiger partial charge in [0, 0.05) is 18.7 Å². The Balaban J connectivity index is 1.85. The molecule has 0 unspecified atom stereocenters. The van der Waals surface area contributed by atoms with Crippen molar-refractivity contribution in [2.45, 2.75) is 46.2 Å². The number of aromatic nitrogens is 2. The molecule has 0 spiro atoms. The molecule has 0 atom stereocenters. The van der Waals surface area contributed by atoms with Crippen molar-refractivity contribution in [1.82, 2.24) is 15.1 Å². The van der Waals surface area contributed by atoms with Gasteiger partial charge in [-0.25, -0.2) is 4.79 Å². The van der Waals surface area contributed by atoms with E-state index in [4.69, 9.17) is 5.26 Å². The van der Waals surface area contributed by atoms with Gasteiger partial charge in [0.2, 0.25) is 5.91 Å². The Morgan fingerprint density at radius 3 is 2.59 bits per heavy atom. The minimum atomic E-state index is -0.383. The second-order valence-corrected chi connectivity index (χ2v) is 6.25. The number of hydrogen-bond donors (Lipinski definition) is 1. The average molecular weight is 368 g/mol. The Morgan fingerprint density at radius 2 is 1.96 bits per heavy atom. The van der Waals surface area contributed by atoms with Crippen molar-refractivity contribution in [3.63, 3.8) is 0 Å². The van der Waals surface area contributed by atoms with Crippen molar-refractivity contribution < 1.29 is 14.3 Å². The summed E-state index contributed by atoms with van der Waals surface area (Å²) in [5.74, 6) is -0.428. The number of amides is 1. The second kappa shape index (κ2) is 9.53. The molecule has 7 nitrogen and oxygen atoms in total. The van der Waals surface area contributed by atoms with E-state index < -0.39 is 0 Å². The highest BCUT2D eigenvalue weighted by atomic mass is 16.5. The van der Waals surface area contributed by atoms with Crippen LogP contribution in [0.2, 0.25) is 0 Å². The van der Waals surface area contributed by atoms with E-state index in [1.54, 1.807) is 24.3 Å². The summed E-state index contributed by atoms with van der Waals surface area (Å²) >= 11 is 0. The molecule has 0 saturated carbocycles. The summed E-state index contributed by atoms with van der Waals surface area (Å²) in [4.78, 5) is 23.6. The van der Waals surface area contributed by atoms with E-state index in [0.717, 1.165) is 22.5 Å². The standard InChI is InChI=1S/C20H24N4O3/c1-14-18(15(2)24(23-14)12-4-11-21)9-10-19(25)22-13-16-5-7-17(8-6-16)20(26)27-3/h5-8H,4,9-10,12-13H2,1-3H3,(H,22,25). The van der Waals surface area contributed by atoms with Crippen LogP contribution in [-0.2, 0) is 29.0 Å². The van der Waals surface area contributed by atoms with Gasteiger partial charge in [0.05, 0.1) is 37.4 Å². The van der Waals surface area contributed by atoms with Crippen molar-refractivity contribution in [3.05, 3.63) is 52.3 Å². The van der Waals surface area contributed by atoms with Crippen LogP contribution < -0.4 is 5.32 Å². The van der Waals surface area contributed by atoms with Crippen LogP contribution in [0, 0.1) is 25.2 Å². The zero-order chi connectivity index (χ0) is 19.8. The smallest absolute Gasteiger partial charge is 0.337 e. The fourth-order valence-electron chi connectivity index (χ4n) is 2.87.